The van der Waals surface area contributed by atoms with Crippen molar-refractivity contribution in [1.82, 2.24) is 4.90 Å². The van der Waals surface area contributed by atoms with E-state index < -0.39 is 0 Å². The van der Waals surface area contributed by atoms with E-state index in [4.69, 9.17) is 11.1 Å². The lowest BCUT2D eigenvalue weighted by Crippen LogP contribution is -2.26. The Bertz CT molecular complexity index is 684. The van der Waals surface area contributed by atoms with Crippen LogP contribution in [-0.2, 0) is 6.54 Å². The molecule has 4 nitrogen and oxygen atoms in total. The molecule has 2 aromatic carbocycles. The minimum Gasteiger partial charge on any atom is -0.398 e. The maximum Gasteiger partial charge on any atom is 0.0404 e. The number of hydrogen-bond acceptors (Lipinski definition) is 4. The number of halogens is 1. The second kappa shape index (κ2) is 7.15. The largest absolute Gasteiger partial charge is 0.398 e. The molecule has 2 aromatic rings. The molecule has 3 rings (SSSR count). The van der Waals surface area contributed by atoms with Crippen LogP contribution in [0.4, 0.5) is 11.4 Å². The van der Waals surface area contributed by atoms with E-state index in [0.717, 1.165) is 41.8 Å². The fourth-order valence-corrected chi connectivity index (χ4v) is 3.23. The van der Waals surface area contributed by atoms with E-state index in [2.05, 4.69) is 50.4 Å². The third-order valence-electron chi connectivity index (χ3n) is 4.20. The van der Waals surface area contributed by atoms with E-state index in [1.165, 1.54) is 11.8 Å². The van der Waals surface area contributed by atoms with Crippen LogP contribution in [0.2, 0.25) is 0 Å². The fourth-order valence-electron chi connectivity index (χ4n) is 2.97. The number of nitrogens with one attached hydrogen (secondary N) is 2. The van der Waals surface area contributed by atoms with Gasteiger partial charge in [-0.3, -0.25) is 4.90 Å². The lowest BCUT2D eigenvalue weighted by molar-refractivity contribution is 0.328. The molecule has 1 aliphatic heterocycles. The van der Waals surface area contributed by atoms with Gasteiger partial charge in [0.2, 0.25) is 0 Å². The SMILES string of the molecule is N=Cc1cc(NC2CCN(Cc3ccc(Br)cc3)C2)ccc1N. The summed E-state index contributed by atoms with van der Waals surface area (Å²) in [4.78, 5) is 2.47. The lowest BCUT2D eigenvalue weighted by Gasteiger charge is -2.18. The van der Waals surface area contributed by atoms with Crippen LogP contribution in [0.3, 0.4) is 0 Å². The number of benzene rings is 2. The Kier molecular flexibility index (Phi) is 4.98. The Morgan fingerprint density at radius 3 is 2.78 bits per heavy atom. The molecule has 120 valence electrons. The zero-order valence-corrected chi connectivity index (χ0v) is 14.5. The minimum absolute atomic E-state index is 0.438. The average molecular weight is 373 g/mol. The Labute approximate surface area is 145 Å². The molecular weight excluding hydrogens is 352 g/mol. The van der Waals surface area contributed by atoms with Crippen molar-refractivity contribution in [3.05, 3.63) is 58.1 Å². The van der Waals surface area contributed by atoms with Gasteiger partial charge in [-0.25, -0.2) is 0 Å². The summed E-state index contributed by atoms with van der Waals surface area (Å²) in [6, 6.07) is 14.7. The van der Waals surface area contributed by atoms with Crippen LogP contribution in [0.25, 0.3) is 0 Å². The molecule has 0 radical (unpaired) electrons. The third kappa shape index (κ3) is 4.12. The number of nitrogens with zero attached hydrogens (tertiary/aromatic N) is 1. The molecule has 1 atom stereocenters. The molecule has 1 heterocycles. The van der Waals surface area contributed by atoms with Crippen LogP contribution in [0.5, 0.6) is 0 Å². The summed E-state index contributed by atoms with van der Waals surface area (Å²) >= 11 is 3.47. The Hall–Kier alpha value is -1.85. The summed E-state index contributed by atoms with van der Waals surface area (Å²) in [5.74, 6) is 0. The lowest BCUT2D eigenvalue weighted by atomic mass is 10.1. The minimum atomic E-state index is 0.438. The Balaban J connectivity index is 1.57. The molecule has 1 saturated heterocycles. The molecule has 0 saturated carbocycles. The van der Waals surface area contributed by atoms with Crippen LogP contribution < -0.4 is 11.1 Å². The van der Waals surface area contributed by atoms with Gasteiger partial charge in [0, 0.05) is 53.3 Å². The van der Waals surface area contributed by atoms with Gasteiger partial charge < -0.3 is 16.5 Å². The van der Waals surface area contributed by atoms with Crippen molar-refractivity contribution >= 4 is 33.5 Å². The molecule has 0 aliphatic carbocycles. The van der Waals surface area contributed by atoms with Gasteiger partial charge in [-0.05, 0) is 42.3 Å². The smallest absolute Gasteiger partial charge is 0.0404 e. The van der Waals surface area contributed by atoms with Crippen LogP contribution in [0.15, 0.2) is 46.9 Å². The zero-order chi connectivity index (χ0) is 16.2. The number of likely N-dealkylation sites (tertiary alicyclic amines) is 1. The predicted octanol–water partition coefficient (Wildman–Crippen LogP) is 3.72. The normalized spacial score (nSPS) is 18.0. The molecule has 0 aromatic heterocycles. The van der Waals surface area contributed by atoms with Crippen LogP contribution >= 0.6 is 15.9 Å². The van der Waals surface area contributed by atoms with Crippen molar-refractivity contribution in [1.29, 1.82) is 5.41 Å². The zero-order valence-electron chi connectivity index (χ0n) is 12.9. The van der Waals surface area contributed by atoms with Crippen LogP contribution in [-0.4, -0.2) is 30.2 Å². The van der Waals surface area contributed by atoms with Crippen molar-refractivity contribution in [2.45, 2.75) is 19.0 Å². The standard InChI is InChI=1S/C18H21BrN4/c19-15-3-1-13(2-4-15)11-23-8-7-17(12-23)22-16-5-6-18(21)14(9-16)10-20/h1-6,9-10,17,20,22H,7-8,11-12,21H2. The molecule has 0 bridgehead atoms. The maximum atomic E-state index is 7.39. The number of hydrogen-bond donors (Lipinski definition) is 3. The van der Waals surface area contributed by atoms with Crippen molar-refractivity contribution in [2.75, 3.05) is 24.1 Å². The van der Waals surface area contributed by atoms with Crippen LogP contribution in [0.1, 0.15) is 17.5 Å². The summed E-state index contributed by atoms with van der Waals surface area (Å²) in [6.07, 6.45) is 2.43. The van der Waals surface area contributed by atoms with Crippen molar-refractivity contribution in [2.24, 2.45) is 0 Å². The highest BCUT2D eigenvalue weighted by Crippen LogP contribution is 2.21. The Morgan fingerprint density at radius 1 is 1.26 bits per heavy atom. The van der Waals surface area contributed by atoms with Gasteiger partial charge >= 0.3 is 0 Å². The summed E-state index contributed by atoms with van der Waals surface area (Å²) < 4.78 is 1.12. The van der Waals surface area contributed by atoms with Gasteiger partial charge in [0.25, 0.3) is 0 Å². The number of anilines is 2. The van der Waals surface area contributed by atoms with Gasteiger partial charge in [0.05, 0.1) is 0 Å². The first kappa shape index (κ1) is 16.0. The summed E-state index contributed by atoms with van der Waals surface area (Å²) in [5.41, 5.74) is 9.62. The predicted molar refractivity (Wildman–Crippen MR) is 100 cm³/mol. The van der Waals surface area contributed by atoms with E-state index in [-0.39, 0.29) is 0 Å². The summed E-state index contributed by atoms with van der Waals surface area (Å²) in [7, 11) is 0. The maximum absolute atomic E-state index is 7.39. The monoisotopic (exact) mass is 372 g/mol. The van der Waals surface area contributed by atoms with Gasteiger partial charge in [-0.15, -0.1) is 0 Å². The first-order valence-electron chi connectivity index (χ1n) is 7.77. The second-order valence-electron chi connectivity index (χ2n) is 5.98. The molecule has 5 heteroatoms. The quantitative estimate of drug-likeness (QED) is 0.553. The first-order chi connectivity index (χ1) is 11.1. The van der Waals surface area contributed by atoms with Gasteiger partial charge in [-0.1, -0.05) is 28.1 Å². The highest BCUT2D eigenvalue weighted by atomic mass is 79.9. The topological polar surface area (TPSA) is 65.1 Å². The molecule has 4 N–H and O–H groups in total. The first-order valence-corrected chi connectivity index (χ1v) is 8.56. The number of nitrogen functional groups attached to an aromatic ring is 1. The highest BCUT2D eigenvalue weighted by molar-refractivity contribution is 9.10. The molecule has 1 aliphatic rings. The van der Waals surface area contributed by atoms with E-state index in [9.17, 15) is 0 Å². The van der Waals surface area contributed by atoms with Gasteiger partial charge in [0.1, 0.15) is 0 Å². The van der Waals surface area contributed by atoms with Crippen LogP contribution in [0, 0.1) is 5.41 Å². The average Bonchev–Trinajstić information content (AvgIpc) is 2.98. The van der Waals surface area contributed by atoms with Gasteiger partial charge in [-0.2, -0.15) is 0 Å². The molecule has 0 amide bonds. The van der Waals surface area contributed by atoms with Crippen molar-refractivity contribution in [3.8, 4) is 0 Å². The third-order valence-corrected chi connectivity index (χ3v) is 4.73. The molecule has 1 unspecified atom stereocenters. The second-order valence-corrected chi connectivity index (χ2v) is 6.90. The Morgan fingerprint density at radius 2 is 2.04 bits per heavy atom. The van der Waals surface area contributed by atoms with E-state index in [0.29, 0.717) is 11.7 Å². The molecule has 23 heavy (non-hydrogen) atoms. The molecular formula is C18H21BrN4. The fraction of sp³-hybridized carbons (Fsp3) is 0.278. The van der Waals surface area contributed by atoms with E-state index in [1.54, 1.807) is 0 Å². The number of nitrogens with two attached hydrogens (primary N) is 1. The molecule has 0 spiro atoms. The van der Waals surface area contributed by atoms with Crippen molar-refractivity contribution < 1.29 is 0 Å². The number of rotatable bonds is 5. The van der Waals surface area contributed by atoms with E-state index in [1.807, 2.05) is 18.2 Å². The molecule has 1 fully saturated rings. The van der Waals surface area contributed by atoms with Gasteiger partial charge in [0.15, 0.2) is 0 Å². The summed E-state index contributed by atoms with van der Waals surface area (Å²) in [5, 5.41) is 11.0. The highest BCUT2D eigenvalue weighted by Gasteiger charge is 2.22. The van der Waals surface area contributed by atoms with E-state index >= 15 is 0 Å². The summed E-state index contributed by atoms with van der Waals surface area (Å²) in [6.45, 7) is 3.11. The van der Waals surface area contributed by atoms with Crippen molar-refractivity contribution in [3.63, 3.8) is 0 Å².